The second-order valence-corrected chi connectivity index (χ2v) is 6.53. The van der Waals surface area contributed by atoms with E-state index in [9.17, 15) is 9.90 Å². The molecular formula is C23H26N2O2. The first kappa shape index (κ1) is 20.2. The Morgan fingerprint density at radius 3 is 2.26 bits per heavy atom. The van der Waals surface area contributed by atoms with Gasteiger partial charge in [-0.25, -0.2) is 0 Å². The van der Waals surface area contributed by atoms with E-state index in [1.165, 1.54) is 0 Å². The van der Waals surface area contributed by atoms with Crippen LogP contribution < -0.4 is 5.32 Å². The van der Waals surface area contributed by atoms with Gasteiger partial charge in [-0.3, -0.25) is 9.78 Å². The van der Waals surface area contributed by atoms with Gasteiger partial charge in [-0.1, -0.05) is 37.8 Å². The average molecular weight is 362 g/mol. The maximum absolute atomic E-state index is 12.6. The second-order valence-electron chi connectivity index (χ2n) is 6.53. The number of nitrogens with one attached hydrogen (secondary N) is 1. The largest absolute Gasteiger partial charge is 0.507 e. The summed E-state index contributed by atoms with van der Waals surface area (Å²) < 4.78 is 0. The number of aromatic nitrogens is 1. The van der Waals surface area contributed by atoms with Crippen molar-refractivity contribution in [3.8, 4) is 16.9 Å². The van der Waals surface area contributed by atoms with Crippen LogP contribution in [0.3, 0.4) is 0 Å². The van der Waals surface area contributed by atoms with Crippen LogP contribution in [0.2, 0.25) is 0 Å². The van der Waals surface area contributed by atoms with Gasteiger partial charge in [0.2, 0.25) is 0 Å². The van der Waals surface area contributed by atoms with Crippen molar-refractivity contribution in [2.24, 2.45) is 0 Å². The third-order valence-corrected chi connectivity index (χ3v) is 4.47. The fourth-order valence-electron chi connectivity index (χ4n) is 2.95. The Balaban J connectivity index is 0.00000261. The standard InChI is InChI=1S/C22H22N2O2.CH4/c1-14-9-18(10-15(2)21(14)25)19-11-20(13-23-12-19)22(26)24-16(3)17-7-5-4-6-8-17;/h4-13,16,25H,1-3H3,(H,24,26);1H4/t16-;/m1./s1. The molecule has 4 nitrogen and oxygen atoms in total. The summed E-state index contributed by atoms with van der Waals surface area (Å²) in [6.07, 6.45) is 3.29. The lowest BCUT2D eigenvalue weighted by Crippen LogP contribution is -2.26. The highest BCUT2D eigenvalue weighted by Crippen LogP contribution is 2.29. The highest BCUT2D eigenvalue weighted by atomic mass is 16.3. The van der Waals surface area contributed by atoms with Crippen LogP contribution in [0.4, 0.5) is 0 Å². The van der Waals surface area contributed by atoms with E-state index >= 15 is 0 Å². The van der Waals surface area contributed by atoms with Gasteiger partial charge in [-0.05, 0) is 61.2 Å². The predicted molar refractivity (Wildman–Crippen MR) is 110 cm³/mol. The molecule has 0 aliphatic heterocycles. The van der Waals surface area contributed by atoms with Crippen molar-refractivity contribution >= 4 is 5.91 Å². The molecule has 3 aromatic rings. The predicted octanol–water partition coefficient (Wildman–Crippen LogP) is 5.20. The van der Waals surface area contributed by atoms with Gasteiger partial charge >= 0.3 is 0 Å². The molecule has 3 rings (SSSR count). The van der Waals surface area contributed by atoms with E-state index in [0.29, 0.717) is 11.3 Å². The van der Waals surface area contributed by atoms with E-state index < -0.39 is 0 Å². The number of rotatable bonds is 4. The lowest BCUT2D eigenvalue weighted by atomic mass is 10.00. The Bertz CT molecular complexity index is 913. The number of aromatic hydroxyl groups is 1. The van der Waals surface area contributed by atoms with E-state index in [2.05, 4.69) is 10.3 Å². The molecule has 0 aliphatic carbocycles. The highest BCUT2D eigenvalue weighted by molar-refractivity contribution is 5.95. The van der Waals surface area contributed by atoms with Gasteiger partial charge in [0.05, 0.1) is 11.6 Å². The Labute approximate surface area is 160 Å². The summed E-state index contributed by atoms with van der Waals surface area (Å²) in [5.74, 6) is 0.134. The number of nitrogens with zero attached hydrogens (tertiary/aromatic N) is 1. The molecule has 27 heavy (non-hydrogen) atoms. The summed E-state index contributed by atoms with van der Waals surface area (Å²) in [4.78, 5) is 16.8. The molecule has 1 aromatic heterocycles. The molecule has 0 fully saturated rings. The van der Waals surface area contributed by atoms with Crippen LogP contribution in [-0.2, 0) is 0 Å². The average Bonchev–Trinajstić information content (AvgIpc) is 2.66. The molecular weight excluding hydrogens is 336 g/mol. The molecule has 0 saturated carbocycles. The van der Waals surface area contributed by atoms with Crippen molar-refractivity contribution in [2.45, 2.75) is 34.2 Å². The van der Waals surface area contributed by atoms with Gasteiger partial charge in [0.25, 0.3) is 5.91 Å². The van der Waals surface area contributed by atoms with Crippen LogP contribution in [0.1, 0.15) is 47.4 Å². The molecule has 0 aliphatic rings. The third-order valence-electron chi connectivity index (χ3n) is 4.47. The molecule has 0 radical (unpaired) electrons. The zero-order chi connectivity index (χ0) is 18.7. The number of phenols is 1. The first-order valence-electron chi connectivity index (χ1n) is 8.57. The Hall–Kier alpha value is -3.14. The minimum absolute atomic E-state index is 0. The van der Waals surface area contributed by atoms with Crippen LogP contribution in [0.25, 0.3) is 11.1 Å². The van der Waals surface area contributed by atoms with Crippen LogP contribution in [0, 0.1) is 13.8 Å². The number of hydrogen-bond acceptors (Lipinski definition) is 3. The van der Waals surface area contributed by atoms with Crippen molar-refractivity contribution in [1.82, 2.24) is 10.3 Å². The van der Waals surface area contributed by atoms with Gasteiger partial charge in [0.1, 0.15) is 5.75 Å². The maximum atomic E-state index is 12.6. The van der Waals surface area contributed by atoms with Crippen molar-refractivity contribution in [3.05, 3.63) is 83.2 Å². The first-order valence-corrected chi connectivity index (χ1v) is 8.57. The summed E-state index contributed by atoms with van der Waals surface area (Å²) in [6.45, 7) is 5.67. The number of benzene rings is 2. The Kier molecular flexibility index (Phi) is 6.35. The van der Waals surface area contributed by atoms with E-state index in [4.69, 9.17) is 0 Å². The van der Waals surface area contributed by atoms with Crippen molar-refractivity contribution in [3.63, 3.8) is 0 Å². The number of hydrogen-bond donors (Lipinski definition) is 2. The molecule has 1 heterocycles. The number of pyridine rings is 1. The number of amides is 1. The summed E-state index contributed by atoms with van der Waals surface area (Å²) in [6, 6.07) is 15.4. The SMILES string of the molecule is C.Cc1cc(-c2cncc(C(=O)N[C@H](C)c3ccccc3)c2)cc(C)c1O. The third kappa shape index (κ3) is 4.53. The smallest absolute Gasteiger partial charge is 0.253 e. The topological polar surface area (TPSA) is 62.2 Å². The first-order chi connectivity index (χ1) is 12.5. The molecule has 4 heteroatoms. The quantitative estimate of drug-likeness (QED) is 0.671. The van der Waals surface area contributed by atoms with Crippen LogP contribution in [-0.4, -0.2) is 16.0 Å². The summed E-state index contributed by atoms with van der Waals surface area (Å²) in [7, 11) is 0. The molecule has 0 bridgehead atoms. The van der Waals surface area contributed by atoms with Crippen molar-refractivity contribution in [1.29, 1.82) is 0 Å². The Morgan fingerprint density at radius 1 is 1.00 bits per heavy atom. The van der Waals surface area contributed by atoms with Crippen LogP contribution in [0.5, 0.6) is 5.75 Å². The number of carbonyl (C=O) groups is 1. The second kappa shape index (κ2) is 8.49. The fraction of sp³-hybridized carbons (Fsp3) is 0.217. The van der Waals surface area contributed by atoms with E-state index in [1.807, 2.05) is 69.3 Å². The van der Waals surface area contributed by atoms with Gasteiger partial charge in [0, 0.05) is 18.0 Å². The zero-order valence-corrected chi connectivity index (χ0v) is 15.2. The zero-order valence-electron chi connectivity index (χ0n) is 15.2. The maximum Gasteiger partial charge on any atom is 0.253 e. The fourth-order valence-corrected chi connectivity index (χ4v) is 2.95. The molecule has 1 atom stereocenters. The summed E-state index contributed by atoms with van der Waals surface area (Å²) in [5, 5.41) is 13.0. The van der Waals surface area contributed by atoms with Crippen LogP contribution in [0.15, 0.2) is 60.9 Å². The Morgan fingerprint density at radius 2 is 1.63 bits per heavy atom. The lowest BCUT2D eigenvalue weighted by molar-refractivity contribution is 0.0939. The molecule has 0 unspecified atom stereocenters. The normalized spacial score (nSPS) is 11.4. The molecule has 0 saturated heterocycles. The molecule has 140 valence electrons. The molecule has 0 spiro atoms. The number of phenolic OH excluding ortho intramolecular Hbond substituents is 1. The molecule has 2 aromatic carbocycles. The molecule has 2 N–H and O–H groups in total. The van der Waals surface area contributed by atoms with Gasteiger partial charge < -0.3 is 10.4 Å². The summed E-state index contributed by atoms with van der Waals surface area (Å²) >= 11 is 0. The van der Waals surface area contributed by atoms with Gasteiger partial charge in [-0.15, -0.1) is 0 Å². The minimum atomic E-state index is -0.164. The molecule has 1 amide bonds. The number of aryl methyl sites for hydroxylation is 2. The highest BCUT2D eigenvalue weighted by Gasteiger charge is 2.13. The van der Waals surface area contributed by atoms with E-state index in [1.54, 1.807) is 12.4 Å². The van der Waals surface area contributed by atoms with Crippen molar-refractivity contribution < 1.29 is 9.90 Å². The van der Waals surface area contributed by atoms with Crippen LogP contribution >= 0.6 is 0 Å². The monoisotopic (exact) mass is 362 g/mol. The van der Waals surface area contributed by atoms with E-state index in [-0.39, 0.29) is 19.4 Å². The lowest BCUT2D eigenvalue weighted by Gasteiger charge is -2.15. The number of carbonyl (C=O) groups excluding carboxylic acids is 1. The van der Waals surface area contributed by atoms with Gasteiger partial charge in [-0.2, -0.15) is 0 Å². The van der Waals surface area contributed by atoms with Gasteiger partial charge in [0.15, 0.2) is 0 Å². The van der Waals surface area contributed by atoms with Crippen molar-refractivity contribution in [2.75, 3.05) is 0 Å². The van der Waals surface area contributed by atoms with E-state index in [0.717, 1.165) is 27.8 Å². The summed E-state index contributed by atoms with van der Waals surface area (Å²) in [5.41, 5.74) is 4.93. The minimum Gasteiger partial charge on any atom is -0.507 e.